The van der Waals surface area contributed by atoms with Crippen molar-refractivity contribution in [3.05, 3.63) is 77.9 Å². The third kappa shape index (κ3) is 3.51. The molecular weight excluding hydrogens is 288 g/mol. The first-order valence-corrected chi connectivity index (χ1v) is 7.64. The Morgan fingerprint density at radius 2 is 1.57 bits per heavy atom. The summed E-state index contributed by atoms with van der Waals surface area (Å²) in [5.74, 6) is 0.459. The number of benzene rings is 3. The van der Waals surface area contributed by atoms with Crippen LogP contribution in [-0.2, 0) is 11.3 Å². The topological polar surface area (TPSA) is 35.5 Å². The zero-order chi connectivity index (χ0) is 16.1. The van der Waals surface area contributed by atoms with Crippen molar-refractivity contribution < 1.29 is 14.3 Å². The molecule has 0 amide bonds. The van der Waals surface area contributed by atoms with Gasteiger partial charge in [0.1, 0.15) is 12.4 Å². The minimum Gasteiger partial charge on any atom is -0.489 e. The molecule has 3 aromatic carbocycles. The number of hydrogen-bond acceptors (Lipinski definition) is 3. The number of carbonyl (C=O) groups is 1. The van der Waals surface area contributed by atoms with Crippen LogP contribution in [-0.4, -0.2) is 12.6 Å². The second kappa shape index (κ2) is 6.97. The summed E-state index contributed by atoms with van der Waals surface area (Å²) in [4.78, 5) is 12.2. The highest BCUT2D eigenvalue weighted by atomic mass is 16.5. The first-order chi connectivity index (χ1) is 11.3. The van der Waals surface area contributed by atoms with E-state index in [1.54, 1.807) is 6.92 Å². The molecule has 3 nitrogen and oxygen atoms in total. The summed E-state index contributed by atoms with van der Waals surface area (Å²) in [6.07, 6.45) is 0. The largest absolute Gasteiger partial charge is 0.489 e. The molecule has 0 aromatic heterocycles. The van der Waals surface area contributed by atoms with Crippen molar-refractivity contribution in [3.8, 4) is 5.75 Å². The maximum absolute atomic E-state index is 12.2. The molecule has 3 aromatic rings. The summed E-state index contributed by atoms with van der Waals surface area (Å²) in [6, 6.07) is 21.4. The molecule has 0 aliphatic carbocycles. The van der Waals surface area contributed by atoms with Gasteiger partial charge >= 0.3 is 5.97 Å². The van der Waals surface area contributed by atoms with E-state index in [9.17, 15) is 4.79 Å². The van der Waals surface area contributed by atoms with Gasteiger partial charge in [0, 0.05) is 5.56 Å². The minimum atomic E-state index is -0.315. The van der Waals surface area contributed by atoms with Crippen molar-refractivity contribution in [1.82, 2.24) is 0 Å². The molecule has 0 aliphatic heterocycles. The second-order valence-corrected chi connectivity index (χ2v) is 5.18. The number of hydrogen-bond donors (Lipinski definition) is 0. The van der Waals surface area contributed by atoms with Crippen LogP contribution in [0.2, 0.25) is 0 Å². The van der Waals surface area contributed by atoms with Crippen LogP contribution in [0.3, 0.4) is 0 Å². The first kappa shape index (κ1) is 15.1. The molecule has 0 atom stereocenters. The second-order valence-electron chi connectivity index (χ2n) is 5.18. The lowest BCUT2D eigenvalue weighted by Crippen LogP contribution is -2.10. The third-order valence-corrected chi connectivity index (χ3v) is 3.60. The van der Waals surface area contributed by atoms with Gasteiger partial charge in [0.15, 0.2) is 0 Å². The van der Waals surface area contributed by atoms with E-state index >= 15 is 0 Å². The highest BCUT2D eigenvalue weighted by molar-refractivity contribution is 5.97. The van der Waals surface area contributed by atoms with Gasteiger partial charge in [-0.1, -0.05) is 42.5 Å². The molecule has 116 valence electrons. The molecule has 0 saturated carbocycles. The van der Waals surface area contributed by atoms with E-state index in [1.807, 2.05) is 66.7 Å². The van der Waals surface area contributed by atoms with Crippen molar-refractivity contribution in [2.45, 2.75) is 13.5 Å². The average molecular weight is 306 g/mol. The Morgan fingerprint density at radius 3 is 2.26 bits per heavy atom. The standard InChI is InChI=1S/C20H18O3/c1-2-22-20(21)19-13-16-9-7-6-8-15(16)12-17(19)14-23-18-10-4-3-5-11-18/h3-13H,2,14H2,1H3. The Bertz CT molecular complexity index is 809. The number of para-hydroxylation sites is 1. The van der Waals surface area contributed by atoms with Crippen LogP contribution < -0.4 is 4.74 Å². The number of carbonyl (C=O) groups excluding carboxylic acids is 1. The molecule has 0 fully saturated rings. The Hall–Kier alpha value is -2.81. The number of rotatable bonds is 5. The van der Waals surface area contributed by atoms with E-state index in [1.165, 1.54) is 0 Å². The fraction of sp³-hybridized carbons (Fsp3) is 0.150. The highest BCUT2D eigenvalue weighted by Gasteiger charge is 2.14. The summed E-state index contributed by atoms with van der Waals surface area (Å²) in [7, 11) is 0. The molecule has 0 bridgehead atoms. The van der Waals surface area contributed by atoms with E-state index in [0.29, 0.717) is 18.8 Å². The maximum Gasteiger partial charge on any atom is 0.338 e. The van der Waals surface area contributed by atoms with Gasteiger partial charge < -0.3 is 9.47 Å². The van der Waals surface area contributed by atoms with Gasteiger partial charge in [-0.05, 0) is 42.0 Å². The molecule has 0 heterocycles. The molecule has 0 spiro atoms. The van der Waals surface area contributed by atoms with E-state index in [2.05, 4.69) is 0 Å². The van der Waals surface area contributed by atoms with Gasteiger partial charge in [0.05, 0.1) is 12.2 Å². The van der Waals surface area contributed by atoms with Gasteiger partial charge in [-0.25, -0.2) is 4.79 Å². The molecule has 0 radical (unpaired) electrons. The smallest absolute Gasteiger partial charge is 0.338 e. The summed E-state index contributed by atoms with van der Waals surface area (Å²) >= 11 is 0. The van der Waals surface area contributed by atoms with Crippen molar-refractivity contribution in [3.63, 3.8) is 0 Å². The van der Waals surface area contributed by atoms with Gasteiger partial charge in [0.2, 0.25) is 0 Å². The summed E-state index contributed by atoms with van der Waals surface area (Å²) < 4.78 is 11.0. The van der Waals surface area contributed by atoms with E-state index < -0.39 is 0 Å². The molecule has 3 rings (SSSR count). The normalized spacial score (nSPS) is 10.5. The monoisotopic (exact) mass is 306 g/mol. The SMILES string of the molecule is CCOC(=O)c1cc2ccccc2cc1COc1ccccc1. The van der Waals surface area contributed by atoms with Crippen LogP contribution >= 0.6 is 0 Å². The first-order valence-electron chi connectivity index (χ1n) is 7.64. The zero-order valence-corrected chi connectivity index (χ0v) is 13.0. The summed E-state index contributed by atoms with van der Waals surface area (Å²) in [5, 5.41) is 2.09. The van der Waals surface area contributed by atoms with Crippen LogP contribution in [0.15, 0.2) is 66.7 Å². The van der Waals surface area contributed by atoms with E-state index in [-0.39, 0.29) is 5.97 Å². The predicted octanol–water partition coefficient (Wildman–Crippen LogP) is 4.60. The van der Waals surface area contributed by atoms with E-state index in [4.69, 9.17) is 9.47 Å². The lowest BCUT2D eigenvalue weighted by atomic mass is 10.0. The Labute approximate surface area is 135 Å². The van der Waals surface area contributed by atoms with Crippen molar-refractivity contribution in [2.75, 3.05) is 6.61 Å². The van der Waals surface area contributed by atoms with Crippen LogP contribution in [0, 0.1) is 0 Å². The Kier molecular flexibility index (Phi) is 4.57. The molecule has 0 saturated heterocycles. The van der Waals surface area contributed by atoms with Crippen molar-refractivity contribution in [2.24, 2.45) is 0 Å². The maximum atomic E-state index is 12.2. The molecule has 23 heavy (non-hydrogen) atoms. The van der Waals surface area contributed by atoms with Crippen LogP contribution in [0.25, 0.3) is 10.8 Å². The molecule has 0 N–H and O–H groups in total. The number of fused-ring (bicyclic) bond motifs is 1. The van der Waals surface area contributed by atoms with Gasteiger partial charge in [0.25, 0.3) is 0 Å². The van der Waals surface area contributed by atoms with Gasteiger partial charge in [-0.15, -0.1) is 0 Å². The average Bonchev–Trinajstić information content (AvgIpc) is 2.60. The zero-order valence-electron chi connectivity index (χ0n) is 13.0. The summed E-state index contributed by atoms with van der Waals surface area (Å²) in [6.45, 7) is 2.48. The molecule has 0 unspecified atom stereocenters. The Morgan fingerprint density at radius 1 is 0.913 bits per heavy atom. The number of esters is 1. The van der Waals surface area contributed by atoms with Crippen molar-refractivity contribution >= 4 is 16.7 Å². The Balaban J connectivity index is 1.95. The fourth-order valence-electron chi connectivity index (χ4n) is 2.48. The highest BCUT2D eigenvalue weighted by Crippen LogP contribution is 2.22. The van der Waals surface area contributed by atoms with Gasteiger partial charge in [-0.3, -0.25) is 0 Å². The molecule has 3 heteroatoms. The lowest BCUT2D eigenvalue weighted by Gasteiger charge is -2.12. The lowest BCUT2D eigenvalue weighted by molar-refractivity contribution is 0.0523. The quantitative estimate of drug-likeness (QED) is 0.646. The van der Waals surface area contributed by atoms with Gasteiger partial charge in [-0.2, -0.15) is 0 Å². The molecular formula is C20H18O3. The number of ether oxygens (including phenoxy) is 2. The van der Waals surface area contributed by atoms with Crippen LogP contribution in [0.1, 0.15) is 22.8 Å². The fourth-order valence-corrected chi connectivity index (χ4v) is 2.48. The predicted molar refractivity (Wildman–Crippen MR) is 90.7 cm³/mol. The van der Waals surface area contributed by atoms with E-state index in [0.717, 1.165) is 22.1 Å². The minimum absolute atomic E-state index is 0.315. The van der Waals surface area contributed by atoms with Crippen LogP contribution in [0.4, 0.5) is 0 Å². The third-order valence-electron chi connectivity index (χ3n) is 3.60. The van der Waals surface area contributed by atoms with Crippen LogP contribution in [0.5, 0.6) is 5.75 Å². The summed E-state index contributed by atoms with van der Waals surface area (Å²) in [5.41, 5.74) is 1.38. The molecule has 0 aliphatic rings. The van der Waals surface area contributed by atoms with Crippen molar-refractivity contribution in [1.29, 1.82) is 0 Å².